The summed E-state index contributed by atoms with van der Waals surface area (Å²) in [6, 6.07) is 16.7. The first-order chi connectivity index (χ1) is 19.7. The molecule has 3 aromatic carbocycles. The van der Waals surface area contributed by atoms with Crippen LogP contribution in [0, 0.1) is 24.0 Å². The van der Waals surface area contributed by atoms with Crippen molar-refractivity contribution in [3.8, 4) is 11.4 Å². The van der Waals surface area contributed by atoms with Crippen LogP contribution in [0.2, 0.25) is 5.02 Å². The van der Waals surface area contributed by atoms with E-state index in [0.29, 0.717) is 46.8 Å². The van der Waals surface area contributed by atoms with Crippen molar-refractivity contribution in [1.29, 1.82) is 0 Å². The molecular formula is C28H18ClN5O4S3. The number of H-pyrrole nitrogens is 1. The van der Waals surface area contributed by atoms with Crippen LogP contribution < -0.4 is 10.9 Å². The molecule has 204 valence electrons. The highest BCUT2D eigenvalue weighted by Crippen LogP contribution is 2.40. The summed E-state index contributed by atoms with van der Waals surface area (Å²) < 4.78 is 1.42. The number of carbonyl (C=O) groups is 1. The van der Waals surface area contributed by atoms with Crippen LogP contribution >= 0.6 is 46.0 Å². The lowest BCUT2D eigenvalue weighted by Crippen LogP contribution is -2.11. The van der Waals surface area contributed by atoms with Crippen LogP contribution in [0.3, 0.4) is 0 Å². The van der Waals surface area contributed by atoms with Crippen LogP contribution in [0.5, 0.6) is 0 Å². The summed E-state index contributed by atoms with van der Waals surface area (Å²) in [6.07, 6.45) is 0. The van der Waals surface area contributed by atoms with Crippen molar-refractivity contribution >= 4 is 83.8 Å². The fourth-order valence-electron chi connectivity index (χ4n) is 4.21. The van der Waals surface area contributed by atoms with E-state index < -0.39 is 4.92 Å². The van der Waals surface area contributed by atoms with E-state index in [1.807, 2.05) is 19.9 Å². The van der Waals surface area contributed by atoms with Crippen molar-refractivity contribution in [1.82, 2.24) is 15.0 Å². The number of hydrogen-bond donors (Lipinski definition) is 2. The number of carbonyl (C=O) groups excluding carboxylic acids is 1. The Bertz CT molecular complexity index is 2070. The minimum Gasteiger partial charge on any atom is -0.322 e. The first-order valence-electron chi connectivity index (χ1n) is 12.1. The molecule has 0 unspecified atom stereocenters. The van der Waals surface area contributed by atoms with E-state index >= 15 is 0 Å². The van der Waals surface area contributed by atoms with Gasteiger partial charge >= 0.3 is 0 Å². The lowest BCUT2D eigenvalue weighted by atomic mass is 10.1. The van der Waals surface area contributed by atoms with Crippen LogP contribution in [-0.2, 0) is 0 Å². The van der Waals surface area contributed by atoms with Crippen molar-refractivity contribution in [3.63, 3.8) is 0 Å². The number of hydrogen-bond acceptors (Lipinski definition) is 9. The molecular weight excluding hydrogens is 602 g/mol. The number of nitrogens with zero attached hydrogens (tertiary/aromatic N) is 3. The highest BCUT2D eigenvalue weighted by atomic mass is 35.5. The van der Waals surface area contributed by atoms with Crippen molar-refractivity contribution in [2.45, 2.75) is 23.1 Å². The zero-order valence-electron chi connectivity index (χ0n) is 21.4. The van der Waals surface area contributed by atoms with E-state index in [9.17, 15) is 19.7 Å². The number of anilines is 1. The van der Waals surface area contributed by atoms with Gasteiger partial charge in [-0.15, -0.1) is 22.7 Å². The Hall–Kier alpha value is -4.10. The Morgan fingerprint density at radius 1 is 1.05 bits per heavy atom. The van der Waals surface area contributed by atoms with Crippen LogP contribution in [0.15, 0.2) is 74.7 Å². The molecule has 6 aromatic rings. The Kier molecular flexibility index (Phi) is 7.08. The molecule has 3 aromatic heterocycles. The van der Waals surface area contributed by atoms with Gasteiger partial charge in [0, 0.05) is 32.8 Å². The fraction of sp³-hybridized carbons (Fsp3) is 0.0714. The smallest absolute Gasteiger partial charge is 0.284 e. The van der Waals surface area contributed by atoms with Crippen molar-refractivity contribution < 1.29 is 9.72 Å². The molecule has 1 amide bonds. The number of thiazole rings is 1. The Morgan fingerprint density at radius 2 is 1.83 bits per heavy atom. The SMILES string of the molecule is Cc1sc2nc(-c3ccc(Sc4nc5ccc(NC(=O)c6ccc(Cl)cc6)cc5s4)c([N+](=O)[O-])c3)[nH]c(=O)c2c1C. The van der Waals surface area contributed by atoms with E-state index in [1.165, 1.54) is 40.5 Å². The largest absolute Gasteiger partial charge is 0.322 e. The van der Waals surface area contributed by atoms with E-state index in [0.717, 1.165) is 15.1 Å². The second-order valence-corrected chi connectivity index (χ2v) is 13.0. The van der Waals surface area contributed by atoms with E-state index in [4.69, 9.17) is 11.6 Å². The van der Waals surface area contributed by atoms with Gasteiger partial charge in [-0.25, -0.2) is 9.97 Å². The fourth-order valence-corrected chi connectivity index (χ4v) is 7.51. The number of benzene rings is 3. The minimum absolute atomic E-state index is 0.121. The molecule has 0 saturated carbocycles. The van der Waals surface area contributed by atoms with Crippen LogP contribution in [0.1, 0.15) is 20.8 Å². The van der Waals surface area contributed by atoms with Crippen LogP contribution in [0.4, 0.5) is 11.4 Å². The molecule has 0 radical (unpaired) electrons. The third-order valence-electron chi connectivity index (χ3n) is 6.40. The van der Waals surface area contributed by atoms with Gasteiger partial charge in [-0.2, -0.15) is 0 Å². The van der Waals surface area contributed by atoms with Crippen molar-refractivity contribution in [2.75, 3.05) is 5.32 Å². The Labute approximate surface area is 249 Å². The lowest BCUT2D eigenvalue weighted by molar-refractivity contribution is -0.387. The molecule has 0 atom stereocenters. The number of thiophene rings is 1. The quantitative estimate of drug-likeness (QED) is 0.143. The monoisotopic (exact) mass is 619 g/mol. The Balaban J connectivity index is 1.27. The summed E-state index contributed by atoms with van der Waals surface area (Å²) in [5.74, 6) is 0.00624. The summed E-state index contributed by atoms with van der Waals surface area (Å²) in [6.45, 7) is 3.81. The van der Waals surface area contributed by atoms with Gasteiger partial charge in [0.2, 0.25) is 0 Å². The maximum atomic E-state index is 12.7. The molecule has 9 nitrogen and oxygen atoms in total. The Morgan fingerprint density at radius 3 is 2.59 bits per heavy atom. The number of amides is 1. The highest BCUT2D eigenvalue weighted by molar-refractivity contribution is 8.01. The van der Waals surface area contributed by atoms with E-state index in [-0.39, 0.29) is 23.0 Å². The number of aromatic nitrogens is 3. The molecule has 0 aliphatic heterocycles. The third kappa shape index (κ3) is 5.34. The second-order valence-electron chi connectivity index (χ2n) is 9.04. The predicted molar refractivity (Wildman–Crippen MR) is 165 cm³/mol. The number of nitro benzene ring substituents is 1. The molecule has 0 aliphatic rings. The molecule has 0 saturated heterocycles. The zero-order valence-corrected chi connectivity index (χ0v) is 24.6. The molecule has 41 heavy (non-hydrogen) atoms. The lowest BCUT2D eigenvalue weighted by Gasteiger charge is -2.05. The maximum Gasteiger partial charge on any atom is 0.284 e. The molecule has 13 heteroatoms. The van der Waals surface area contributed by atoms with Gasteiger partial charge in [0.05, 0.1) is 25.4 Å². The molecule has 2 N–H and O–H groups in total. The molecule has 0 bridgehead atoms. The van der Waals surface area contributed by atoms with Crippen molar-refractivity contribution in [2.24, 2.45) is 0 Å². The minimum atomic E-state index is -0.459. The summed E-state index contributed by atoms with van der Waals surface area (Å²) in [5, 5.41) is 16.0. The molecule has 0 fully saturated rings. The highest BCUT2D eigenvalue weighted by Gasteiger charge is 2.20. The maximum absolute atomic E-state index is 12.7. The number of rotatable bonds is 6. The number of aromatic amines is 1. The molecule has 3 heterocycles. The number of fused-ring (bicyclic) bond motifs is 2. The first-order valence-corrected chi connectivity index (χ1v) is 14.9. The zero-order chi connectivity index (χ0) is 28.8. The summed E-state index contributed by atoms with van der Waals surface area (Å²) >= 11 is 9.86. The number of nitrogens with one attached hydrogen (secondary N) is 2. The number of nitro groups is 1. The van der Waals surface area contributed by atoms with Crippen LogP contribution in [-0.4, -0.2) is 25.8 Å². The van der Waals surface area contributed by atoms with Gasteiger partial charge < -0.3 is 10.3 Å². The summed E-state index contributed by atoms with van der Waals surface area (Å²) in [5.41, 5.74) is 2.71. The van der Waals surface area contributed by atoms with E-state index in [1.54, 1.807) is 48.5 Å². The molecule has 0 spiro atoms. The first kappa shape index (κ1) is 27.1. The van der Waals surface area contributed by atoms with Gasteiger partial charge in [0.1, 0.15) is 10.7 Å². The van der Waals surface area contributed by atoms with Crippen LogP contribution in [0.25, 0.3) is 31.8 Å². The molecule has 0 aliphatic carbocycles. The standard InChI is InChI=1S/C28H18ClN5O4S3/c1-13-14(2)39-27-23(13)26(36)32-24(33-27)16-5-10-21(20(11-16)34(37)38)40-28-31-19-9-8-18(12-22(19)41-28)30-25(35)15-3-6-17(29)7-4-15/h3-12H,1-2H3,(H,30,35)(H,32,33,36). The topological polar surface area (TPSA) is 131 Å². The number of halogens is 1. The van der Waals surface area contributed by atoms with Gasteiger partial charge in [0.25, 0.3) is 17.2 Å². The normalized spacial score (nSPS) is 11.3. The predicted octanol–water partition coefficient (Wildman–Crippen LogP) is 7.84. The average Bonchev–Trinajstić information content (AvgIpc) is 3.47. The molecule has 6 rings (SSSR count). The van der Waals surface area contributed by atoms with Gasteiger partial charge in [0.15, 0.2) is 4.34 Å². The van der Waals surface area contributed by atoms with E-state index in [2.05, 4.69) is 20.3 Å². The number of aryl methyl sites for hydroxylation is 2. The third-order valence-corrected chi connectivity index (χ3v) is 9.90. The van der Waals surface area contributed by atoms with Gasteiger partial charge in [-0.05, 0) is 74.0 Å². The second kappa shape index (κ2) is 10.7. The summed E-state index contributed by atoms with van der Waals surface area (Å²) in [7, 11) is 0. The average molecular weight is 620 g/mol. The van der Waals surface area contributed by atoms with Crippen molar-refractivity contribution in [3.05, 3.63) is 102 Å². The van der Waals surface area contributed by atoms with Gasteiger partial charge in [-0.3, -0.25) is 19.7 Å². The summed E-state index contributed by atoms with van der Waals surface area (Å²) in [4.78, 5) is 50.8. The van der Waals surface area contributed by atoms with Gasteiger partial charge in [-0.1, -0.05) is 23.4 Å².